The molecule has 1 aliphatic heterocycles. The van der Waals surface area contributed by atoms with Crippen LogP contribution in [0.15, 0.2) is 12.1 Å². The van der Waals surface area contributed by atoms with E-state index in [1.165, 1.54) is 12.1 Å². The molecule has 8 nitrogen and oxygen atoms in total. The zero-order chi connectivity index (χ0) is 14.8. The second-order valence-corrected chi connectivity index (χ2v) is 6.76. The van der Waals surface area contributed by atoms with Crippen molar-refractivity contribution in [3.05, 3.63) is 27.9 Å². The summed E-state index contributed by atoms with van der Waals surface area (Å²) in [4.78, 5) is 13.8. The predicted molar refractivity (Wildman–Crippen MR) is 70.9 cm³/mol. The first-order chi connectivity index (χ1) is 9.41. The third kappa shape index (κ3) is 3.21. The monoisotopic (exact) mass is 296 g/mol. The van der Waals surface area contributed by atoms with E-state index in [9.17, 15) is 18.5 Å². The number of nitrogens with one attached hydrogen (secondary N) is 1. The number of pyridine rings is 1. The van der Waals surface area contributed by atoms with Gasteiger partial charge in [-0.3, -0.25) is 10.1 Å². The average molecular weight is 296 g/mol. The van der Waals surface area contributed by atoms with E-state index < -0.39 is 14.8 Å². The largest absolute Gasteiger partial charge is 0.366 e. The fraction of sp³-hybridized carbons (Fsp3) is 0.455. The van der Waals surface area contributed by atoms with Crippen LogP contribution in [0.25, 0.3) is 0 Å². The van der Waals surface area contributed by atoms with Crippen LogP contribution in [0.1, 0.15) is 18.5 Å². The third-order valence-corrected chi connectivity index (χ3v) is 4.81. The number of nitro groups is 1. The van der Waals surface area contributed by atoms with Gasteiger partial charge in [0, 0.05) is 12.1 Å². The molecule has 106 valence electrons. The molecule has 1 atom stereocenters. The van der Waals surface area contributed by atoms with E-state index in [-0.39, 0.29) is 34.7 Å². The number of anilines is 1. The maximum absolute atomic E-state index is 11.5. The number of hydrogen-bond donors (Lipinski definition) is 1. The topological polar surface area (TPSA) is 126 Å². The second-order valence-electron chi connectivity index (χ2n) is 4.53. The average Bonchev–Trinajstić information content (AvgIpc) is 2.37. The zero-order valence-electron chi connectivity index (χ0n) is 10.4. The number of nitrogens with zero attached hydrogens (tertiary/aromatic N) is 3. The lowest BCUT2D eigenvalue weighted by molar-refractivity contribution is -0.385. The van der Waals surface area contributed by atoms with Crippen molar-refractivity contribution in [2.24, 2.45) is 0 Å². The molecular formula is C11H12N4O4S. The van der Waals surface area contributed by atoms with Crippen LogP contribution in [-0.4, -0.2) is 35.9 Å². The van der Waals surface area contributed by atoms with E-state index in [0.717, 1.165) is 0 Å². The van der Waals surface area contributed by atoms with Gasteiger partial charge in [-0.15, -0.1) is 0 Å². The summed E-state index contributed by atoms with van der Waals surface area (Å²) in [5, 5.41) is 22.4. The SMILES string of the molecule is N#Cc1nc(NC2CCCS(=O)(=O)C2)ccc1[N+](=O)[O-]. The van der Waals surface area contributed by atoms with Gasteiger partial charge < -0.3 is 5.32 Å². The van der Waals surface area contributed by atoms with Crippen molar-refractivity contribution in [2.45, 2.75) is 18.9 Å². The molecular weight excluding hydrogens is 284 g/mol. The Morgan fingerprint density at radius 2 is 2.25 bits per heavy atom. The Morgan fingerprint density at radius 1 is 1.50 bits per heavy atom. The first-order valence-corrected chi connectivity index (χ1v) is 7.76. The quantitative estimate of drug-likeness (QED) is 0.647. The molecule has 0 saturated carbocycles. The molecule has 1 fully saturated rings. The number of rotatable bonds is 3. The molecule has 0 bridgehead atoms. The first kappa shape index (κ1) is 14.2. The van der Waals surface area contributed by atoms with E-state index in [2.05, 4.69) is 10.3 Å². The van der Waals surface area contributed by atoms with Crippen LogP contribution in [-0.2, 0) is 9.84 Å². The van der Waals surface area contributed by atoms with Crippen LogP contribution < -0.4 is 5.32 Å². The molecule has 0 amide bonds. The molecule has 1 aliphatic rings. The summed E-state index contributed by atoms with van der Waals surface area (Å²) >= 11 is 0. The Kier molecular flexibility index (Phi) is 3.85. The molecule has 9 heteroatoms. The van der Waals surface area contributed by atoms with Crippen molar-refractivity contribution in [1.82, 2.24) is 4.98 Å². The van der Waals surface area contributed by atoms with Crippen molar-refractivity contribution >= 4 is 21.3 Å². The number of aromatic nitrogens is 1. The Morgan fingerprint density at radius 3 is 2.85 bits per heavy atom. The summed E-state index contributed by atoms with van der Waals surface area (Å²) in [6.45, 7) is 0. The van der Waals surface area contributed by atoms with Crippen molar-refractivity contribution < 1.29 is 13.3 Å². The van der Waals surface area contributed by atoms with E-state index >= 15 is 0 Å². The number of sulfone groups is 1. The van der Waals surface area contributed by atoms with Gasteiger partial charge in [-0.1, -0.05) is 0 Å². The number of nitriles is 1. The van der Waals surface area contributed by atoms with Gasteiger partial charge >= 0.3 is 5.69 Å². The van der Waals surface area contributed by atoms with Crippen LogP contribution in [0.4, 0.5) is 11.5 Å². The second kappa shape index (κ2) is 5.42. The maximum Gasteiger partial charge on any atom is 0.305 e. The van der Waals surface area contributed by atoms with Crippen molar-refractivity contribution in [2.75, 3.05) is 16.8 Å². The normalized spacial score (nSPS) is 20.9. The van der Waals surface area contributed by atoms with Crippen LogP contribution in [0.3, 0.4) is 0 Å². The summed E-state index contributed by atoms with van der Waals surface area (Å²) in [5.41, 5.74) is -0.659. The van der Waals surface area contributed by atoms with Gasteiger partial charge in [0.25, 0.3) is 0 Å². The van der Waals surface area contributed by atoms with Crippen LogP contribution in [0.2, 0.25) is 0 Å². The molecule has 1 aromatic rings. The summed E-state index contributed by atoms with van der Waals surface area (Å²) in [7, 11) is -3.05. The lowest BCUT2D eigenvalue weighted by atomic mass is 10.2. The minimum absolute atomic E-state index is 0.00749. The van der Waals surface area contributed by atoms with Crippen molar-refractivity contribution in [3.63, 3.8) is 0 Å². The molecule has 1 saturated heterocycles. The molecule has 1 aromatic heterocycles. The highest BCUT2D eigenvalue weighted by molar-refractivity contribution is 7.91. The molecule has 0 radical (unpaired) electrons. The van der Waals surface area contributed by atoms with E-state index in [1.54, 1.807) is 6.07 Å². The van der Waals surface area contributed by atoms with E-state index in [1.807, 2.05) is 0 Å². The smallest absolute Gasteiger partial charge is 0.305 e. The fourth-order valence-electron chi connectivity index (χ4n) is 2.11. The summed E-state index contributed by atoms with van der Waals surface area (Å²) in [5.74, 6) is 0.463. The first-order valence-electron chi connectivity index (χ1n) is 5.94. The molecule has 20 heavy (non-hydrogen) atoms. The lowest BCUT2D eigenvalue weighted by Gasteiger charge is -2.23. The van der Waals surface area contributed by atoms with Crippen molar-refractivity contribution in [1.29, 1.82) is 5.26 Å². The zero-order valence-corrected chi connectivity index (χ0v) is 11.3. The van der Waals surface area contributed by atoms with Gasteiger partial charge in [0.05, 0.1) is 16.4 Å². The van der Waals surface area contributed by atoms with Gasteiger partial charge in [0.1, 0.15) is 11.9 Å². The molecule has 0 aliphatic carbocycles. The number of hydrogen-bond acceptors (Lipinski definition) is 7. The Hall–Kier alpha value is -2.21. The van der Waals surface area contributed by atoms with Gasteiger partial charge in [-0.25, -0.2) is 13.4 Å². The molecule has 2 rings (SSSR count). The molecule has 0 spiro atoms. The van der Waals surface area contributed by atoms with Crippen LogP contribution in [0.5, 0.6) is 0 Å². The van der Waals surface area contributed by atoms with E-state index in [0.29, 0.717) is 12.8 Å². The van der Waals surface area contributed by atoms with Gasteiger partial charge in [0.2, 0.25) is 5.69 Å². The Balaban J connectivity index is 2.18. The minimum atomic E-state index is -3.05. The summed E-state index contributed by atoms with van der Waals surface area (Å²) < 4.78 is 23.0. The molecule has 0 aromatic carbocycles. The van der Waals surface area contributed by atoms with Gasteiger partial charge in [-0.2, -0.15) is 5.26 Å². The van der Waals surface area contributed by atoms with Gasteiger partial charge in [0.15, 0.2) is 9.84 Å². The molecule has 2 heterocycles. The van der Waals surface area contributed by atoms with Gasteiger partial charge in [-0.05, 0) is 18.9 Å². The molecule has 1 N–H and O–H groups in total. The van der Waals surface area contributed by atoms with E-state index in [4.69, 9.17) is 5.26 Å². The van der Waals surface area contributed by atoms with Crippen LogP contribution in [0, 0.1) is 21.4 Å². The highest BCUT2D eigenvalue weighted by Crippen LogP contribution is 2.21. The Labute approximate surface area is 115 Å². The highest BCUT2D eigenvalue weighted by atomic mass is 32.2. The highest BCUT2D eigenvalue weighted by Gasteiger charge is 2.25. The fourth-order valence-corrected chi connectivity index (χ4v) is 3.74. The standard InChI is InChI=1S/C11H12N4O4S/c12-6-9-10(15(16)17)3-4-11(14-9)13-8-2-1-5-20(18,19)7-8/h3-4,8H,1-2,5,7H2,(H,13,14). The minimum Gasteiger partial charge on any atom is -0.366 e. The summed E-state index contributed by atoms with van der Waals surface area (Å²) in [6, 6.07) is 3.94. The van der Waals surface area contributed by atoms with Crippen LogP contribution >= 0.6 is 0 Å². The maximum atomic E-state index is 11.5. The predicted octanol–water partition coefficient (Wildman–Crippen LogP) is 0.851. The third-order valence-electron chi connectivity index (χ3n) is 2.99. The Bertz CT molecular complexity index is 680. The molecule has 1 unspecified atom stereocenters. The van der Waals surface area contributed by atoms with Crippen molar-refractivity contribution in [3.8, 4) is 6.07 Å². The lowest BCUT2D eigenvalue weighted by Crippen LogP contribution is -2.35. The summed E-state index contributed by atoms with van der Waals surface area (Å²) in [6.07, 6.45) is 1.25.